The molecule has 0 aromatic carbocycles. The molecule has 0 aromatic rings. The summed E-state index contributed by atoms with van der Waals surface area (Å²) in [6.07, 6.45) is 4.09. The largest absolute Gasteiger partial charge is 0.0666 e. The lowest BCUT2D eigenvalue weighted by Gasteiger charge is -1.89. The van der Waals surface area contributed by atoms with Crippen LogP contribution in [-0.2, 0) is 0 Å². The van der Waals surface area contributed by atoms with Crippen LogP contribution < -0.4 is 0 Å². The second-order valence-electron chi connectivity index (χ2n) is 3.03. The molecule has 0 heteroatoms. The maximum atomic E-state index is 2.31. The first kappa shape index (κ1) is 6.85. The average molecular weight is 124 g/mol. The maximum Gasteiger partial charge on any atom is -0.00185 e. The molecule has 0 nitrogen and oxygen atoms in total. The Morgan fingerprint density at radius 2 is 2.00 bits per heavy atom. The molecule has 0 saturated carbocycles. The van der Waals surface area contributed by atoms with Crippen LogP contribution in [0, 0.1) is 5.92 Å². The van der Waals surface area contributed by atoms with E-state index in [1.807, 2.05) is 0 Å². The highest BCUT2D eigenvalue weighted by Crippen LogP contribution is 2.41. The van der Waals surface area contributed by atoms with Crippen LogP contribution in [0.4, 0.5) is 0 Å². The van der Waals surface area contributed by atoms with Crippen LogP contribution in [0.2, 0.25) is 0 Å². The van der Waals surface area contributed by atoms with Gasteiger partial charge in [0, 0.05) is 0 Å². The third-order valence-corrected chi connectivity index (χ3v) is 2.40. The predicted molar refractivity (Wildman–Crippen MR) is 41.4 cm³/mol. The number of allylic oxidation sites excluding steroid dienone is 2. The van der Waals surface area contributed by atoms with Gasteiger partial charge in [0.15, 0.2) is 0 Å². The smallest absolute Gasteiger partial charge is 0.00185 e. The Morgan fingerprint density at radius 1 is 1.44 bits per heavy atom. The van der Waals surface area contributed by atoms with Gasteiger partial charge in [-0.3, -0.25) is 0 Å². The molecule has 0 bridgehead atoms. The quantitative estimate of drug-likeness (QED) is 0.507. The van der Waals surface area contributed by atoms with E-state index >= 15 is 0 Å². The molecule has 0 N–H and O–H groups in total. The highest BCUT2D eigenvalue weighted by Gasteiger charge is 2.25. The molecule has 1 atom stereocenters. The van der Waals surface area contributed by atoms with Crippen molar-refractivity contribution in [3.63, 3.8) is 0 Å². The molecule has 0 radical (unpaired) electrons. The van der Waals surface area contributed by atoms with Crippen LogP contribution in [0.3, 0.4) is 0 Å². The van der Waals surface area contributed by atoms with E-state index in [2.05, 4.69) is 20.8 Å². The van der Waals surface area contributed by atoms with Gasteiger partial charge < -0.3 is 0 Å². The molecule has 52 valence electrons. The number of hydrogen-bond donors (Lipinski definition) is 0. The molecule has 0 amide bonds. The van der Waals surface area contributed by atoms with E-state index in [9.17, 15) is 0 Å². The topological polar surface area (TPSA) is 0 Å². The minimum atomic E-state index is 0.872. The highest BCUT2D eigenvalue weighted by atomic mass is 14.3. The Hall–Kier alpha value is -0.260. The number of unbranched alkanes of at least 4 members (excludes halogenated alkanes) is 1. The molecule has 0 spiro atoms. The van der Waals surface area contributed by atoms with Crippen LogP contribution in [0.1, 0.15) is 40.0 Å². The van der Waals surface area contributed by atoms with Crippen molar-refractivity contribution in [1.29, 1.82) is 0 Å². The van der Waals surface area contributed by atoms with Crippen LogP contribution >= 0.6 is 0 Å². The maximum absolute atomic E-state index is 2.31. The zero-order chi connectivity index (χ0) is 6.85. The summed E-state index contributed by atoms with van der Waals surface area (Å²) < 4.78 is 0. The van der Waals surface area contributed by atoms with Gasteiger partial charge in [-0.25, -0.2) is 0 Å². The molecular weight excluding hydrogens is 108 g/mol. The third-order valence-electron chi connectivity index (χ3n) is 2.40. The van der Waals surface area contributed by atoms with E-state index in [1.54, 1.807) is 11.1 Å². The van der Waals surface area contributed by atoms with E-state index in [4.69, 9.17) is 0 Å². The van der Waals surface area contributed by atoms with Crippen molar-refractivity contribution in [1.82, 2.24) is 0 Å². The summed E-state index contributed by atoms with van der Waals surface area (Å²) in [5.74, 6) is 0.872. The van der Waals surface area contributed by atoms with Crippen molar-refractivity contribution in [2.75, 3.05) is 0 Å². The van der Waals surface area contributed by atoms with Crippen molar-refractivity contribution in [3.05, 3.63) is 11.1 Å². The molecule has 0 aromatic heterocycles. The standard InChI is InChI=1S/C9H16/c1-4-5-6-9-7(2)8(9)3/h7H,4-6H2,1-3H3. The molecule has 0 heterocycles. The van der Waals surface area contributed by atoms with Crippen LogP contribution in [0.15, 0.2) is 11.1 Å². The minimum Gasteiger partial charge on any atom is -0.0666 e. The van der Waals surface area contributed by atoms with Crippen molar-refractivity contribution < 1.29 is 0 Å². The first-order valence-corrected chi connectivity index (χ1v) is 3.97. The second kappa shape index (κ2) is 2.55. The molecule has 0 fully saturated rings. The second-order valence-corrected chi connectivity index (χ2v) is 3.03. The summed E-state index contributed by atoms with van der Waals surface area (Å²) in [4.78, 5) is 0. The van der Waals surface area contributed by atoms with Crippen LogP contribution in [0.5, 0.6) is 0 Å². The van der Waals surface area contributed by atoms with Crippen molar-refractivity contribution in [2.24, 2.45) is 5.92 Å². The van der Waals surface area contributed by atoms with E-state index < -0.39 is 0 Å². The number of rotatable bonds is 3. The monoisotopic (exact) mass is 124 g/mol. The van der Waals surface area contributed by atoms with Gasteiger partial charge in [0.2, 0.25) is 0 Å². The van der Waals surface area contributed by atoms with Crippen LogP contribution in [-0.4, -0.2) is 0 Å². The molecule has 1 aliphatic rings. The lowest BCUT2D eigenvalue weighted by atomic mass is 10.2. The normalized spacial score (nSPS) is 25.0. The van der Waals surface area contributed by atoms with Gasteiger partial charge in [-0.05, 0) is 25.7 Å². The summed E-state index contributed by atoms with van der Waals surface area (Å²) in [5.41, 5.74) is 3.39. The highest BCUT2D eigenvalue weighted by molar-refractivity contribution is 5.37. The SMILES string of the molecule is CCCCC1=C(C)C1C. The first-order valence-electron chi connectivity index (χ1n) is 3.97. The molecule has 1 aliphatic carbocycles. The van der Waals surface area contributed by atoms with Crippen molar-refractivity contribution in [3.8, 4) is 0 Å². The molecule has 1 unspecified atom stereocenters. The van der Waals surface area contributed by atoms with E-state index in [0.717, 1.165) is 5.92 Å². The van der Waals surface area contributed by atoms with Gasteiger partial charge in [-0.1, -0.05) is 31.4 Å². The molecule has 1 rings (SSSR count). The van der Waals surface area contributed by atoms with E-state index in [-0.39, 0.29) is 0 Å². The van der Waals surface area contributed by atoms with Gasteiger partial charge >= 0.3 is 0 Å². The summed E-state index contributed by atoms with van der Waals surface area (Å²) in [6, 6.07) is 0. The summed E-state index contributed by atoms with van der Waals surface area (Å²) in [5, 5.41) is 0. The van der Waals surface area contributed by atoms with Crippen LogP contribution in [0.25, 0.3) is 0 Å². The number of hydrogen-bond acceptors (Lipinski definition) is 0. The van der Waals surface area contributed by atoms with Gasteiger partial charge in [0.1, 0.15) is 0 Å². The Kier molecular flexibility index (Phi) is 1.94. The van der Waals surface area contributed by atoms with E-state index in [1.165, 1.54) is 19.3 Å². The van der Waals surface area contributed by atoms with Crippen molar-refractivity contribution in [2.45, 2.75) is 40.0 Å². The van der Waals surface area contributed by atoms with Gasteiger partial charge in [-0.2, -0.15) is 0 Å². The lowest BCUT2D eigenvalue weighted by Crippen LogP contribution is -1.73. The summed E-state index contributed by atoms with van der Waals surface area (Å²) in [7, 11) is 0. The molecule has 9 heavy (non-hydrogen) atoms. The average Bonchev–Trinajstić information content (AvgIpc) is 2.39. The minimum absolute atomic E-state index is 0.872. The zero-order valence-corrected chi connectivity index (χ0v) is 6.70. The van der Waals surface area contributed by atoms with Crippen molar-refractivity contribution >= 4 is 0 Å². The van der Waals surface area contributed by atoms with Gasteiger partial charge in [-0.15, -0.1) is 0 Å². The first-order chi connectivity index (χ1) is 4.27. The molecular formula is C9H16. The van der Waals surface area contributed by atoms with Gasteiger partial charge in [0.25, 0.3) is 0 Å². The Labute approximate surface area is 58.0 Å². The lowest BCUT2D eigenvalue weighted by molar-refractivity contribution is 0.775. The Bertz CT molecular complexity index is 131. The molecule has 0 aliphatic heterocycles. The van der Waals surface area contributed by atoms with Gasteiger partial charge in [0.05, 0.1) is 0 Å². The third kappa shape index (κ3) is 1.35. The Morgan fingerprint density at radius 3 is 2.33 bits per heavy atom. The summed E-state index contributed by atoms with van der Waals surface area (Å²) >= 11 is 0. The zero-order valence-electron chi connectivity index (χ0n) is 6.70. The summed E-state index contributed by atoms with van der Waals surface area (Å²) in [6.45, 7) is 6.82. The fourth-order valence-corrected chi connectivity index (χ4v) is 1.34. The predicted octanol–water partition coefficient (Wildman–Crippen LogP) is 3.14. The fraction of sp³-hybridized carbons (Fsp3) is 0.778. The van der Waals surface area contributed by atoms with E-state index in [0.29, 0.717) is 0 Å². The fourth-order valence-electron chi connectivity index (χ4n) is 1.34. The molecule has 0 saturated heterocycles. The Balaban J connectivity index is 2.16.